The molecule has 4 nitrogen and oxygen atoms in total. The third-order valence-electron chi connectivity index (χ3n) is 1.90. The number of benzene rings is 1. The number of carboxylic acids is 1. The summed E-state index contributed by atoms with van der Waals surface area (Å²) in [7, 11) is 0. The van der Waals surface area contributed by atoms with E-state index in [9.17, 15) is 4.79 Å². The Hall–Kier alpha value is -2.10. The van der Waals surface area contributed by atoms with Crippen molar-refractivity contribution in [3.63, 3.8) is 0 Å². The van der Waals surface area contributed by atoms with Crippen LogP contribution in [0.1, 0.15) is 5.69 Å². The molecule has 4 heteroatoms. The minimum Gasteiger partial charge on any atom is -0.481 e. The molecule has 0 radical (unpaired) electrons. The number of nitrogens with zero attached hydrogens (tertiary/aromatic N) is 1. The van der Waals surface area contributed by atoms with Crippen molar-refractivity contribution >= 4 is 5.97 Å². The normalized spacial score (nSPS) is 10.1. The lowest BCUT2D eigenvalue weighted by Crippen LogP contribution is -1.99. The summed E-state index contributed by atoms with van der Waals surface area (Å²) in [4.78, 5) is 14.5. The van der Waals surface area contributed by atoms with Gasteiger partial charge in [0.25, 0.3) is 0 Å². The van der Waals surface area contributed by atoms with E-state index in [1.54, 1.807) is 0 Å². The first-order valence-corrected chi connectivity index (χ1v) is 4.47. The molecule has 0 fully saturated rings. The monoisotopic (exact) mass is 203 g/mol. The maximum absolute atomic E-state index is 10.4. The van der Waals surface area contributed by atoms with Gasteiger partial charge < -0.3 is 9.52 Å². The van der Waals surface area contributed by atoms with Crippen LogP contribution in [0.2, 0.25) is 0 Å². The molecule has 0 saturated carbocycles. The first-order valence-electron chi connectivity index (χ1n) is 4.47. The number of aromatic nitrogens is 1. The second-order valence-electron chi connectivity index (χ2n) is 3.08. The van der Waals surface area contributed by atoms with E-state index in [0.29, 0.717) is 11.6 Å². The first-order chi connectivity index (χ1) is 7.25. The van der Waals surface area contributed by atoms with Gasteiger partial charge in [0.1, 0.15) is 6.26 Å². The smallest absolute Gasteiger partial charge is 0.309 e. The molecule has 0 saturated heterocycles. The zero-order chi connectivity index (χ0) is 10.7. The van der Waals surface area contributed by atoms with Crippen LogP contribution in [0, 0.1) is 0 Å². The molecule has 1 aromatic carbocycles. The largest absolute Gasteiger partial charge is 0.481 e. The SMILES string of the molecule is O=C(O)Cc1coc(-c2ccccc2)n1. The highest BCUT2D eigenvalue weighted by Crippen LogP contribution is 2.17. The minimum atomic E-state index is -0.914. The van der Waals surface area contributed by atoms with Gasteiger partial charge in [0.05, 0.1) is 12.1 Å². The average Bonchev–Trinajstić information content (AvgIpc) is 2.67. The van der Waals surface area contributed by atoms with E-state index < -0.39 is 5.97 Å². The van der Waals surface area contributed by atoms with E-state index in [1.165, 1.54) is 6.26 Å². The lowest BCUT2D eigenvalue weighted by Gasteiger charge is -1.91. The zero-order valence-electron chi connectivity index (χ0n) is 7.88. The Balaban J connectivity index is 2.24. The quantitative estimate of drug-likeness (QED) is 0.828. The topological polar surface area (TPSA) is 63.3 Å². The highest BCUT2D eigenvalue weighted by atomic mass is 16.4. The summed E-state index contributed by atoms with van der Waals surface area (Å²) in [5.74, 6) is -0.463. The number of carbonyl (C=O) groups is 1. The molecule has 0 aliphatic heterocycles. The van der Waals surface area contributed by atoms with Crippen molar-refractivity contribution in [2.45, 2.75) is 6.42 Å². The molecule has 1 heterocycles. The summed E-state index contributed by atoms with van der Waals surface area (Å²) < 4.78 is 5.18. The van der Waals surface area contributed by atoms with Crippen LogP contribution in [0.5, 0.6) is 0 Å². The van der Waals surface area contributed by atoms with Crippen LogP contribution in [-0.2, 0) is 11.2 Å². The Morgan fingerprint density at radius 1 is 1.33 bits per heavy atom. The number of hydrogen-bond acceptors (Lipinski definition) is 3. The van der Waals surface area contributed by atoms with E-state index in [2.05, 4.69) is 4.98 Å². The average molecular weight is 203 g/mol. The van der Waals surface area contributed by atoms with Gasteiger partial charge in [-0.25, -0.2) is 4.98 Å². The minimum absolute atomic E-state index is 0.115. The van der Waals surface area contributed by atoms with Crippen LogP contribution in [0.15, 0.2) is 41.0 Å². The Kier molecular flexibility index (Phi) is 2.49. The highest BCUT2D eigenvalue weighted by Gasteiger charge is 2.08. The van der Waals surface area contributed by atoms with E-state index in [-0.39, 0.29) is 6.42 Å². The van der Waals surface area contributed by atoms with Crippen LogP contribution < -0.4 is 0 Å². The number of rotatable bonds is 3. The zero-order valence-corrected chi connectivity index (χ0v) is 7.88. The molecule has 1 aromatic heterocycles. The van der Waals surface area contributed by atoms with Gasteiger partial charge in [-0.15, -0.1) is 0 Å². The molecule has 0 amide bonds. The number of oxazole rings is 1. The van der Waals surface area contributed by atoms with Crippen LogP contribution in [0.25, 0.3) is 11.5 Å². The number of carboxylic acid groups (broad SMARTS) is 1. The van der Waals surface area contributed by atoms with E-state index >= 15 is 0 Å². The van der Waals surface area contributed by atoms with Crippen LogP contribution >= 0.6 is 0 Å². The third kappa shape index (κ3) is 2.22. The predicted molar refractivity (Wildman–Crippen MR) is 53.3 cm³/mol. The maximum atomic E-state index is 10.4. The summed E-state index contributed by atoms with van der Waals surface area (Å²) in [5.41, 5.74) is 1.27. The molecule has 15 heavy (non-hydrogen) atoms. The Labute approximate surface area is 86.2 Å². The molecule has 0 atom stereocenters. The molecular formula is C11H9NO3. The fourth-order valence-corrected chi connectivity index (χ4v) is 1.26. The van der Waals surface area contributed by atoms with Crippen molar-refractivity contribution in [3.05, 3.63) is 42.3 Å². The second-order valence-corrected chi connectivity index (χ2v) is 3.08. The van der Waals surface area contributed by atoms with Gasteiger partial charge in [-0.05, 0) is 12.1 Å². The van der Waals surface area contributed by atoms with Crippen LogP contribution in [-0.4, -0.2) is 16.1 Å². The first kappa shape index (κ1) is 9.45. The number of hydrogen-bond donors (Lipinski definition) is 1. The van der Waals surface area contributed by atoms with Gasteiger partial charge in [-0.3, -0.25) is 4.79 Å². The molecule has 2 aromatic rings. The Morgan fingerprint density at radius 3 is 2.73 bits per heavy atom. The van der Waals surface area contributed by atoms with Crippen molar-refractivity contribution < 1.29 is 14.3 Å². The number of aliphatic carboxylic acids is 1. The third-order valence-corrected chi connectivity index (χ3v) is 1.90. The molecule has 0 spiro atoms. The summed E-state index contributed by atoms with van der Waals surface area (Å²) in [5, 5.41) is 8.57. The molecule has 76 valence electrons. The summed E-state index contributed by atoms with van der Waals surface area (Å²) in [6, 6.07) is 9.35. The molecule has 0 aliphatic carbocycles. The molecule has 0 unspecified atom stereocenters. The molecule has 2 rings (SSSR count). The second kappa shape index (κ2) is 3.96. The van der Waals surface area contributed by atoms with Gasteiger partial charge in [-0.1, -0.05) is 18.2 Å². The van der Waals surface area contributed by atoms with Gasteiger partial charge >= 0.3 is 5.97 Å². The lowest BCUT2D eigenvalue weighted by atomic mass is 10.2. The standard InChI is InChI=1S/C11H9NO3/c13-10(14)6-9-7-15-11(12-9)8-4-2-1-3-5-8/h1-5,7H,6H2,(H,13,14). The van der Waals surface area contributed by atoms with E-state index in [0.717, 1.165) is 5.56 Å². The van der Waals surface area contributed by atoms with Crippen molar-refractivity contribution in [1.82, 2.24) is 4.98 Å². The van der Waals surface area contributed by atoms with Gasteiger partial charge in [0.15, 0.2) is 0 Å². The lowest BCUT2D eigenvalue weighted by molar-refractivity contribution is -0.136. The molecule has 0 bridgehead atoms. The van der Waals surface area contributed by atoms with Crippen LogP contribution in [0.3, 0.4) is 0 Å². The summed E-state index contributed by atoms with van der Waals surface area (Å²) >= 11 is 0. The predicted octanol–water partition coefficient (Wildman–Crippen LogP) is 1.97. The molecule has 1 N–H and O–H groups in total. The van der Waals surface area contributed by atoms with Crippen molar-refractivity contribution in [1.29, 1.82) is 0 Å². The molecule has 0 aliphatic rings. The van der Waals surface area contributed by atoms with E-state index in [1.807, 2.05) is 30.3 Å². The Bertz CT molecular complexity index is 462. The Morgan fingerprint density at radius 2 is 2.07 bits per heavy atom. The fraction of sp³-hybridized carbons (Fsp3) is 0.0909. The van der Waals surface area contributed by atoms with Gasteiger partial charge in [0, 0.05) is 5.56 Å². The highest BCUT2D eigenvalue weighted by molar-refractivity contribution is 5.69. The van der Waals surface area contributed by atoms with Crippen molar-refractivity contribution in [3.8, 4) is 11.5 Å². The molecular weight excluding hydrogens is 194 g/mol. The van der Waals surface area contributed by atoms with Crippen molar-refractivity contribution in [2.24, 2.45) is 0 Å². The fourth-order valence-electron chi connectivity index (χ4n) is 1.26. The maximum Gasteiger partial charge on any atom is 0.309 e. The van der Waals surface area contributed by atoms with Gasteiger partial charge in [0.2, 0.25) is 5.89 Å². The summed E-state index contributed by atoms with van der Waals surface area (Å²) in [6.45, 7) is 0. The van der Waals surface area contributed by atoms with Crippen LogP contribution in [0.4, 0.5) is 0 Å². The van der Waals surface area contributed by atoms with E-state index in [4.69, 9.17) is 9.52 Å². The van der Waals surface area contributed by atoms with Gasteiger partial charge in [-0.2, -0.15) is 0 Å². The van der Waals surface area contributed by atoms with Crippen molar-refractivity contribution in [2.75, 3.05) is 0 Å². The summed E-state index contributed by atoms with van der Waals surface area (Å²) in [6.07, 6.45) is 1.26.